The minimum atomic E-state index is -1.66. The number of halogens is 3. The molecule has 0 fully saturated rings. The summed E-state index contributed by atoms with van der Waals surface area (Å²) in [6.45, 7) is 0. The molecule has 0 unspecified atom stereocenters. The minimum absolute atomic E-state index is 0. The van der Waals surface area contributed by atoms with Gasteiger partial charge in [0.2, 0.25) is 0 Å². The van der Waals surface area contributed by atoms with Crippen molar-refractivity contribution in [3.63, 3.8) is 0 Å². The fourth-order valence-corrected chi connectivity index (χ4v) is 0. The van der Waals surface area contributed by atoms with Gasteiger partial charge < -0.3 is 0 Å². The zero-order chi connectivity index (χ0) is 3.58. The normalized spacial score (nSPS) is 9.00. The van der Waals surface area contributed by atoms with E-state index in [0.717, 1.165) is 0 Å². The van der Waals surface area contributed by atoms with Crippen molar-refractivity contribution in [3.8, 4) is 0 Å². The van der Waals surface area contributed by atoms with Crippen LogP contribution in [0.15, 0.2) is 0 Å². The molecule has 5 heavy (non-hydrogen) atoms. The molecule has 0 aromatic heterocycles. The van der Waals surface area contributed by atoms with Crippen LogP contribution in [0.3, 0.4) is 0 Å². The second-order valence-corrected chi connectivity index (χ2v) is 7.61. The smallest absolute Gasteiger partial charge is 0 e. The summed E-state index contributed by atoms with van der Waals surface area (Å²) >= 11 is -1.66. The Bertz CT molecular complexity index is 11.6. The van der Waals surface area contributed by atoms with Crippen LogP contribution in [0.25, 0.3) is 0 Å². The Balaban J connectivity index is 0. The molecule has 0 aromatic rings. The molecule has 0 rings (SSSR count). The van der Waals surface area contributed by atoms with Crippen molar-refractivity contribution in [1.29, 1.82) is 0 Å². The summed E-state index contributed by atoms with van der Waals surface area (Å²) in [6.07, 6.45) is 0. The molecular formula is Cl3LiRh. The molecule has 0 aliphatic carbocycles. The molecule has 1 radical (unpaired) electrons. The average molecular weight is 216 g/mol. The van der Waals surface area contributed by atoms with Crippen LogP contribution in [-0.4, -0.2) is 18.9 Å². The van der Waals surface area contributed by atoms with E-state index in [4.69, 9.17) is 29.1 Å². The number of rotatable bonds is 0. The quantitative estimate of drug-likeness (QED) is 0.540. The first-order chi connectivity index (χ1) is 1.73. The summed E-state index contributed by atoms with van der Waals surface area (Å²) in [6, 6.07) is 0. The van der Waals surface area contributed by atoms with Crippen molar-refractivity contribution >= 4 is 47.9 Å². The van der Waals surface area contributed by atoms with Crippen LogP contribution in [0.4, 0.5) is 0 Å². The summed E-state index contributed by atoms with van der Waals surface area (Å²) in [5, 5.41) is 0. The molecule has 0 saturated carbocycles. The van der Waals surface area contributed by atoms with Crippen LogP contribution in [0.2, 0.25) is 0 Å². The van der Waals surface area contributed by atoms with Crippen molar-refractivity contribution in [2.45, 2.75) is 0 Å². The summed E-state index contributed by atoms with van der Waals surface area (Å²) in [7, 11) is 14.8. The number of hydrogen-bond acceptors (Lipinski definition) is 0. The molecule has 0 heterocycles. The number of hydrogen-bond donors (Lipinski definition) is 0. The molecule has 0 aliphatic rings. The Labute approximate surface area is 60.4 Å². The van der Waals surface area contributed by atoms with Gasteiger partial charge in [0.25, 0.3) is 0 Å². The Morgan fingerprint density at radius 2 is 1.00 bits per heavy atom. The maximum absolute atomic E-state index is 4.94. The monoisotopic (exact) mass is 215 g/mol. The van der Waals surface area contributed by atoms with E-state index < -0.39 is 13.0 Å². The van der Waals surface area contributed by atoms with Gasteiger partial charge in [0.05, 0.1) is 0 Å². The van der Waals surface area contributed by atoms with E-state index in [1.807, 2.05) is 0 Å². The van der Waals surface area contributed by atoms with Crippen LogP contribution in [0.5, 0.6) is 0 Å². The predicted molar refractivity (Wildman–Crippen MR) is 23.3 cm³/mol. The first-order valence-corrected chi connectivity index (χ1v) is 6.71. The van der Waals surface area contributed by atoms with Crippen LogP contribution < -0.4 is 0 Å². The van der Waals surface area contributed by atoms with Gasteiger partial charge in [0, 0.05) is 18.9 Å². The van der Waals surface area contributed by atoms with Gasteiger partial charge >= 0.3 is 42.1 Å². The summed E-state index contributed by atoms with van der Waals surface area (Å²) in [5.41, 5.74) is 0. The molecular weight excluding hydrogens is 216 g/mol. The van der Waals surface area contributed by atoms with Gasteiger partial charge in [0.15, 0.2) is 0 Å². The van der Waals surface area contributed by atoms with Crippen LogP contribution in [0.1, 0.15) is 0 Å². The SMILES string of the molecule is [Cl][Rh]([Cl])[Cl].[Li]. The largest absolute Gasteiger partial charge is 0 e. The third kappa shape index (κ3) is 23.3. The second kappa shape index (κ2) is 6.09. The van der Waals surface area contributed by atoms with Crippen LogP contribution in [-0.2, 0) is 13.0 Å². The van der Waals surface area contributed by atoms with Crippen molar-refractivity contribution in [1.82, 2.24) is 0 Å². The summed E-state index contributed by atoms with van der Waals surface area (Å²) < 4.78 is 0. The third-order valence-corrected chi connectivity index (χ3v) is 0. The second-order valence-electron chi connectivity index (χ2n) is 0.143. The zero-order valence-corrected chi connectivity index (χ0v) is 6.37. The molecule has 0 aromatic carbocycles. The predicted octanol–water partition coefficient (Wildman–Crippen LogP) is 1.69. The molecule has 0 aliphatic heterocycles. The van der Waals surface area contributed by atoms with Crippen molar-refractivity contribution in [2.24, 2.45) is 0 Å². The van der Waals surface area contributed by atoms with E-state index in [1.54, 1.807) is 0 Å². The molecule has 5 heteroatoms. The first-order valence-electron chi connectivity index (χ1n) is 0.378. The van der Waals surface area contributed by atoms with Crippen molar-refractivity contribution in [3.05, 3.63) is 0 Å². The summed E-state index contributed by atoms with van der Waals surface area (Å²) in [4.78, 5) is 0. The molecule has 0 amide bonds. The summed E-state index contributed by atoms with van der Waals surface area (Å²) in [5.74, 6) is 0. The molecule has 0 nitrogen and oxygen atoms in total. The molecule has 0 saturated heterocycles. The average Bonchev–Trinajstić information content (AvgIpc) is 0.811. The third-order valence-electron chi connectivity index (χ3n) is 0. The van der Waals surface area contributed by atoms with Crippen molar-refractivity contribution < 1.29 is 13.0 Å². The fraction of sp³-hybridized carbons (Fsp3) is 0. The van der Waals surface area contributed by atoms with Gasteiger partial charge in [-0.15, -0.1) is 0 Å². The van der Waals surface area contributed by atoms with Crippen molar-refractivity contribution in [2.75, 3.05) is 0 Å². The van der Waals surface area contributed by atoms with E-state index >= 15 is 0 Å². The van der Waals surface area contributed by atoms with Gasteiger partial charge in [0.1, 0.15) is 0 Å². The van der Waals surface area contributed by atoms with E-state index in [-0.39, 0.29) is 18.9 Å². The Hall–Kier alpha value is 2.09. The van der Waals surface area contributed by atoms with Gasteiger partial charge in [-0.05, 0) is 0 Å². The van der Waals surface area contributed by atoms with E-state index in [2.05, 4.69) is 0 Å². The standard InChI is InChI=1S/3ClH.Li.Rh/h3*1H;;/q;;;;+3/p-3. The first kappa shape index (κ1) is 10.2. The van der Waals surface area contributed by atoms with Gasteiger partial charge in [-0.3, -0.25) is 0 Å². The molecule has 0 N–H and O–H groups in total. The topological polar surface area (TPSA) is 0 Å². The molecule has 0 bridgehead atoms. The van der Waals surface area contributed by atoms with Gasteiger partial charge in [-0.25, -0.2) is 0 Å². The minimum Gasteiger partial charge on any atom is 0 e. The zero-order valence-electron chi connectivity index (χ0n) is 2.47. The maximum atomic E-state index is 4.94. The van der Waals surface area contributed by atoms with E-state index in [9.17, 15) is 0 Å². The maximum Gasteiger partial charge on any atom is 0 e. The Morgan fingerprint density at radius 3 is 1.00 bits per heavy atom. The van der Waals surface area contributed by atoms with Crippen LogP contribution >= 0.6 is 29.1 Å². The Morgan fingerprint density at radius 1 is 1.00 bits per heavy atom. The fourth-order valence-electron chi connectivity index (χ4n) is 0. The van der Waals surface area contributed by atoms with E-state index in [1.165, 1.54) is 0 Å². The van der Waals surface area contributed by atoms with E-state index in [0.29, 0.717) is 0 Å². The molecule has 0 atom stereocenters. The van der Waals surface area contributed by atoms with Gasteiger partial charge in [-0.2, -0.15) is 0 Å². The molecule has 31 valence electrons. The van der Waals surface area contributed by atoms with Crippen LogP contribution in [0, 0.1) is 0 Å². The molecule has 0 spiro atoms. The van der Waals surface area contributed by atoms with Gasteiger partial charge in [-0.1, -0.05) is 0 Å². The Kier molecular flexibility index (Phi) is 12.4.